The molecule has 0 bridgehead atoms. The van der Waals surface area contributed by atoms with Crippen LogP contribution in [-0.4, -0.2) is 24.3 Å². The van der Waals surface area contributed by atoms with Gasteiger partial charge in [-0.2, -0.15) is 8.42 Å². The highest BCUT2D eigenvalue weighted by Crippen LogP contribution is 2.17. The zero-order valence-corrected chi connectivity index (χ0v) is 15.1. The molecule has 2 heterocycles. The summed E-state index contributed by atoms with van der Waals surface area (Å²) in [5.41, 5.74) is 3.16. The van der Waals surface area contributed by atoms with Crippen LogP contribution in [0.2, 0.25) is 0 Å². The molecule has 0 saturated heterocycles. The van der Waals surface area contributed by atoms with Crippen molar-refractivity contribution in [2.75, 3.05) is 10.0 Å². The highest BCUT2D eigenvalue weighted by atomic mass is 32.2. The van der Waals surface area contributed by atoms with Gasteiger partial charge in [0.2, 0.25) is 0 Å². The van der Waals surface area contributed by atoms with Crippen LogP contribution in [0.15, 0.2) is 59.9 Å². The Balaban J connectivity index is 1.78. The second-order valence-electron chi connectivity index (χ2n) is 5.82. The molecule has 8 heteroatoms. The predicted molar refractivity (Wildman–Crippen MR) is 99.7 cm³/mol. The van der Waals surface area contributed by atoms with Crippen LogP contribution in [0.1, 0.15) is 21.5 Å². The molecule has 2 aromatic heterocycles. The third-order valence-corrected chi connectivity index (χ3v) is 5.20. The lowest BCUT2D eigenvalue weighted by atomic mass is 10.1. The van der Waals surface area contributed by atoms with Gasteiger partial charge < -0.3 is 10.3 Å². The van der Waals surface area contributed by atoms with Gasteiger partial charge in [-0.15, -0.1) is 0 Å². The van der Waals surface area contributed by atoms with Crippen LogP contribution in [0.3, 0.4) is 0 Å². The zero-order chi connectivity index (χ0) is 18.7. The van der Waals surface area contributed by atoms with E-state index in [2.05, 4.69) is 20.0 Å². The van der Waals surface area contributed by atoms with Crippen molar-refractivity contribution < 1.29 is 13.2 Å². The van der Waals surface area contributed by atoms with Crippen molar-refractivity contribution in [3.05, 3.63) is 71.5 Å². The maximum Gasteiger partial charge on any atom is 0.278 e. The van der Waals surface area contributed by atoms with E-state index in [1.54, 1.807) is 6.07 Å². The number of pyridine rings is 1. The molecule has 7 nitrogen and oxygen atoms in total. The number of rotatable bonds is 5. The number of carbonyl (C=O) groups excluding carboxylic acids is 1. The van der Waals surface area contributed by atoms with E-state index in [4.69, 9.17) is 0 Å². The lowest BCUT2D eigenvalue weighted by Gasteiger charge is -2.09. The number of hydrogen-bond acceptors (Lipinski definition) is 4. The van der Waals surface area contributed by atoms with Crippen molar-refractivity contribution in [2.24, 2.45) is 0 Å². The van der Waals surface area contributed by atoms with Crippen molar-refractivity contribution in [3.8, 4) is 0 Å². The maximum absolute atomic E-state index is 12.4. The second-order valence-corrected chi connectivity index (χ2v) is 7.47. The number of hydrogen-bond donors (Lipinski definition) is 3. The molecule has 3 aromatic rings. The number of H-pyrrole nitrogens is 1. The molecule has 0 aliphatic carbocycles. The molecule has 134 valence electrons. The summed E-state index contributed by atoms with van der Waals surface area (Å²) in [5, 5.41) is 2.81. The van der Waals surface area contributed by atoms with Crippen LogP contribution < -0.4 is 10.0 Å². The van der Waals surface area contributed by atoms with Gasteiger partial charge in [0.25, 0.3) is 15.9 Å². The van der Waals surface area contributed by atoms with Crippen LogP contribution in [0.25, 0.3) is 0 Å². The summed E-state index contributed by atoms with van der Waals surface area (Å²) < 4.78 is 26.8. The van der Waals surface area contributed by atoms with Crippen molar-refractivity contribution in [2.45, 2.75) is 18.9 Å². The van der Waals surface area contributed by atoms with Crippen LogP contribution in [0.5, 0.6) is 0 Å². The first-order chi connectivity index (χ1) is 12.3. The summed E-state index contributed by atoms with van der Waals surface area (Å²) in [7, 11) is -3.78. The molecular weight excluding hydrogens is 352 g/mol. The van der Waals surface area contributed by atoms with E-state index in [0.29, 0.717) is 11.3 Å². The largest absolute Gasteiger partial charge is 0.351 e. The van der Waals surface area contributed by atoms with Crippen LogP contribution in [0.4, 0.5) is 11.5 Å². The number of benzene rings is 1. The van der Waals surface area contributed by atoms with E-state index in [0.717, 1.165) is 11.1 Å². The number of anilines is 2. The number of nitrogens with one attached hydrogen (secondary N) is 3. The van der Waals surface area contributed by atoms with Crippen molar-refractivity contribution >= 4 is 27.4 Å². The first kappa shape index (κ1) is 17.7. The van der Waals surface area contributed by atoms with Crippen LogP contribution in [-0.2, 0) is 10.0 Å². The predicted octanol–water partition coefficient (Wildman–Crippen LogP) is 3.08. The zero-order valence-electron chi connectivity index (χ0n) is 14.3. The molecule has 0 radical (unpaired) electrons. The Labute approximate surface area is 151 Å². The SMILES string of the molecule is Cc1ccc(NC(=O)c2ccnc(NS(=O)(=O)c3ccc[nH]3)c2)cc1C. The first-order valence-electron chi connectivity index (χ1n) is 7.86. The summed E-state index contributed by atoms with van der Waals surface area (Å²) in [6.45, 7) is 3.96. The summed E-state index contributed by atoms with van der Waals surface area (Å²) in [6, 6.07) is 11.5. The summed E-state index contributed by atoms with van der Waals surface area (Å²) in [6.07, 6.45) is 2.89. The molecular formula is C18H18N4O3S. The number of carbonyl (C=O) groups is 1. The fourth-order valence-electron chi connectivity index (χ4n) is 2.32. The van der Waals surface area contributed by atoms with E-state index < -0.39 is 10.0 Å². The van der Waals surface area contributed by atoms with E-state index in [1.165, 1.54) is 30.6 Å². The minimum atomic E-state index is -3.78. The van der Waals surface area contributed by atoms with Gasteiger partial charge in [-0.25, -0.2) is 4.98 Å². The molecule has 1 aromatic carbocycles. The molecule has 1 amide bonds. The van der Waals surface area contributed by atoms with E-state index in [-0.39, 0.29) is 16.8 Å². The summed E-state index contributed by atoms with van der Waals surface area (Å²) >= 11 is 0. The summed E-state index contributed by atoms with van der Waals surface area (Å²) in [4.78, 5) is 19.0. The van der Waals surface area contributed by atoms with Gasteiger partial charge in [-0.05, 0) is 61.4 Å². The minimum Gasteiger partial charge on any atom is -0.351 e. The van der Waals surface area contributed by atoms with Gasteiger partial charge >= 0.3 is 0 Å². The summed E-state index contributed by atoms with van der Waals surface area (Å²) in [5.74, 6) is -0.289. The Morgan fingerprint density at radius 3 is 2.58 bits per heavy atom. The molecule has 3 N–H and O–H groups in total. The Bertz CT molecular complexity index is 1040. The van der Waals surface area contributed by atoms with Gasteiger partial charge in [0.05, 0.1) is 0 Å². The molecule has 0 aliphatic heterocycles. The Morgan fingerprint density at radius 2 is 1.88 bits per heavy atom. The Kier molecular flexibility index (Phi) is 4.77. The van der Waals surface area contributed by atoms with Gasteiger partial charge in [-0.1, -0.05) is 6.07 Å². The van der Waals surface area contributed by atoms with Gasteiger partial charge in [0, 0.05) is 23.6 Å². The number of aromatic nitrogens is 2. The van der Waals surface area contributed by atoms with Crippen molar-refractivity contribution in [1.82, 2.24) is 9.97 Å². The molecule has 0 spiro atoms. The molecule has 0 unspecified atom stereocenters. The van der Waals surface area contributed by atoms with Crippen molar-refractivity contribution in [3.63, 3.8) is 0 Å². The fraction of sp³-hybridized carbons (Fsp3) is 0.111. The number of nitrogens with zero attached hydrogens (tertiary/aromatic N) is 1. The highest BCUT2D eigenvalue weighted by Gasteiger charge is 2.16. The average Bonchev–Trinajstić information content (AvgIpc) is 3.14. The van der Waals surface area contributed by atoms with Gasteiger partial charge in [0.1, 0.15) is 5.82 Å². The minimum absolute atomic E-state index is 0.0179. The quantitative estimate of drug-likeness (QED) is 0.642. The van der Waals surface area contributed by atoms with E-state index >= 15 is 0 Å². The topological polar surface area (TPSA) is 104 Å². The van der Waals surface area contributed by atoms with E-state index in [9.17, 15) is 13.2 Å². The fourth-order valence-corrected chi connectivity index (χ4v) is 3.30. The van der Waals surface area contributed by atoms with Crippen molar-refractivity contribution in [1.29, 1.82) is 0 Å². The number of sulfonamides is 1. The van der Waals surface area contributed by atoms with Crippen LogP contribution in [0, 0.1) is 13.8 Å². The lowest BCUT2D eigenvalue weighted by molar-refractivity contribution is 0.102. The van der Waals surface area contributed by atoms with Gasteiger partial charge in [-0.3, -0.25) is 9.52 Å². The lowest BCUT2D eigenvalue weighted by Crippen LogP contribution is -2.16. The highest BCUT2D eigenvalue weighted by molar-refractivity contribution is 7.92. The monoisotopic (exact) mass is 370 g/mol. The first-order valence-corrected chi connectivity index (χ1v) is 9.34. The number of aryl methyl sites for hydroxylation is 2. The van der Waals surface area contributed by atoms with Crippen LogP contribution >= 0.6 is 0 Å². The average molecular weight is 370 g/mol. The maximum atomic E-state index is 12.4. The normalized spacial score (nSPS) is 11.2. The molecule has 26 heavy (non-hydrogen) atoms. The Hall–Kier alpha value is -3.13. The third-order valence-electron chi connectivity index (χ3n) is 3.88. The van der Waals surface area contributed by atoms with E-state index in [1.807, 2.05) is 32.0 Å². The number of aromatic amines is 1. The molecule has 0 saturated carbocycles. The molecule has 0 atom stereocenters. The Morgan fingerprint density at radius 1 is 1.08 bits per heavy atom. The molecule has 0 fully saturated rings. The van der Waals surface area contributed by atoms with Gasteiger partial charge in [0.15, 0.2) is 5.03 Å². The number of amides is 1. The molecule has 3 rings (SSSR count). The second kappa shape index (κ2) is 7.01. The smallest absolute Gasteiger partial charge is 0.278 e. The molecule has 0 aliphatic rings. The third kappa shape index (κ3) is 3.92. The standard InChI is InChI=1S/C18H18N4O3S/c1-12-5-6-15(10-13(12)2)21-18(23)14-7-9-19-16(11-14)22-26(24,25)17-4-3-8-20-17/h3-11,20H,1-2H3,(H,19,22)(H,21,23).